The van der Waals surface area contributed by atoms with Crippen LogP contribution in [-0.4, -0.2) is 11.6 Å². The highest BCUT2D eigenvalue weighted by Gasteiger charge is 2.62. The van der Waals surface area contributed by atoms with Crippen molar-refractivity contribution in [3.8, 4) is 6.07 Å². The van der Waals surface area contributed by atoms with Gasteiger partial charge in [0.2, 0.25) is 0 Å². The van der Waals surface area contributed by atoms with E-state index >= 15 is 0 Å². The van der Waals surface area contributed by atoms with Gasteiger partial charge >= 0.3 is 5.97 Å². The van der Waals surface area contributed by atoms with Crippen LogP contribution in [0.3, 0.4) is 0 Å². The fraction of sp³-hybridized carbons (Fsp3) is 0.529. The summed E-state index contributed by atoms with van der Waals surface area (Å²) in [4.78, 5) is 12.2. The van der Waals surface area contributed by atoms with Crippen molar-refractivity contribution in [1.29, 1.82) is 5.26 Å². The Labute approximate surface area is 120 Å². The fourth-order valence-corrected chi connectivity index (χ4v) is 2.47. The molecule has 0 bridgehead atoms. The molecular formula is C17H21NO2. The van der Waals surface area contributed by atoms with E-state index in [4.69, 9.17) is 4.74 Å². The van der Waals surface area contributed by atoms with Gasteiger partial charge in [0, 0.05) is 0 Å². The smallest absolute Gasteiger partial charge is 0.327 e. The molecule has 2 rings (SSSR count). The number of nitriles is 1. The van der Waals surface area contributed by atoms with Crippen molar-refractivity contribution in [2.75, 3.05) is 0 Å². The van der Waals surface area contributed by atoms with Gasteiger partial charge in [-0.15, -0.1) is 0 Å². The summed E-state index contributed by atoms with van der Waals surface area (Å²) >= 11 is 0. The lowest BCUT2D eigenvalue weighted by atomic mass is 10.00. The quantitative estimate of drug-likeness (QED) is 0.788. The number of benzene rings is 1. The highest BCUT2D eigenvalue weighted by molar-refractivity contribution is 5.84. The zero-order valence-electron chi connectivity index (χ0n) is 12.3. The number of ether oxygens (including phenoxy) is 1. The van der Waals surface area contributed by atoms with Crippen LogP contribution in [0, 0.1) is 22.7 Å². The lowest BCUT2D eigenvalue weighted by Crippen LogP contribution is -2.30. The minimum absolute atomic E-state index is 0.127. The fourth-order valence-electron chi connectivity index (χ4n) is 2.47. The van der Waals surface area contributed by atoms with Crippen LogP contribution in [0.2, 0.25) is 0 Å². The van der Waals surface area contributed by atoms with Crippen LogP contribution in [0.4, 0.5) is 0 Å². The molecule has 0 amide bonds. The minimum atomic E-state index is -0.901. The third-order valence-corrected chi connectivity index (χ3v) is 3.69. The molecule has 1 aliphatic carbocycles. The molecule has 0 heterocycles. The minimum Gasteiger partial charge on any atom is -0.459 e. The van der Waals surface area contributed by atoms with Crippen molar-refractivity contribution in [3.63, 3.8) is 0 Å². The van der Waals surface area contributed by atoms with E-state index in [2.05, 4.69) is 18.2 Å². The number of nitrogens with zero attached hydrogens (tertiary/aromatic N) is 1. The summed E-state index contributed by atoms with van der Waals surface area (Å²) < 4.78 is 5.38. The maximum atomic E-state index is 12.2. The van der Waals surface area contributed by atoms with Gasteiger partial charge in [-0.1, -0.05) is 30.3 Å². The first kappa shape index (κ1) is 14.6. The van der Waals surface area contributed by atoms with Crippen LogP contribution < -0.4 is 0 Å². The molecular weight excluding hydrogens is 250 g/mol. The number of hydrogen-bond donors (Lipinski definition) is 0. The number of carbonyl (C=O) groups is 1. The van der Waals surface area contributed by atoms with Gasteiger partial charge in [-0.05, 0) is 51.5 Å². The molecule has 1 saturated carbocycles. The molecule has 3 heteroatoms. The summed E-state index contributed by atoms with van der Waals surface area (Å²) in [7, 11) is 0. The second-order valence-corrected chi connectivity index (χ2v) is 6.51. The number of hydrogen-bond acceptors (Lipinski definition) is 3. The molecule has 0 aliphatic heterocycles. The molecule has 20 heavy (non-hydrogen) atoms. The third kappa shape index (κ3) is 3.19. The van der Waals surface area contributed by atoms with E-state index in [0.29, 0.717) is 6.42 Å². The van der Waals surface area contributed by atoms with Crippen LogP contribution in [-0.2, 0) is 16.0 Å². The largest absolute Gasteiger partial charge is 0.459 e. The van der Waals surface area contributed by atoms with Crippen molar-refractivity contribution in [1.82, 2.24) is 0 Å². The highest BCUT2D eigenvalue weighted by atomic mass is 16.6. The van der Waals surface area contributed by atoms with E-state index in [1.807, 2.05) is 39.0 Å². The Morgan fingerprint density at radius 1 is 1.40 bits per heavy atom. The second-order valence-electron chi connectivity index (χ2n) is 6.51. The first-order valence-corrected chi connectivity index (χ1v) is 7.06. The Hall–Kier alpha value is -1.82. The van der Waals surface area contributed by atoms with Crippen LogP contribution >= 0.6 is 0 Å². The summed E-state index contributed by atoms with van der Waals surface area (Å²) in [6.07, 6.45) is 2.39. The summed E-state index contributed by atoms with van der Waals surface area (Å²) in [6.45, 7) is 5.49. The topological polar surface area (TPSA) is 50.1 Å². The van der Waals surface area contributed by atoms with Crippen LogP contribution in [0.5, 0.6) is 0 Å². The lowest BCUT2D eigenvalue weighted by molar-refractivity contribution is -0.159. The Balaban J connectivity index is 1.93. The Morgan fingerprint density at radius 2 is 2.05 bits per heavy atom. The first-order chi connectivity index (χ1) is 9.37. The van der Waals surface area contributed by atoms with Crippen LogP contribution in [0.25, 0.3) is 0 Å². The van der Waals surface area contributed by atoms with E-state index in [0.717, 1.165) is 12.8 Å². The Morgan fingerprint density at radius 3 is 2.60 bits per heavy atom. The first-order valence-electron chi connectivity index (χ1n) is 7.06. The SMILES string of the molecule is CC(C)(C)OC(=O)[C@]1(C#N)C[C@@H]1CCc1ccccc1. The Bertz CT molecular complexity index is 524. The van der Waals surface area contributed by atoms with E-state index in [-0.39, 0.29) is 11.9 Å². The van der Waals surface area contributed by atoms with E-state index in [1.165, 1.54) is 5.56 Å². The molecule has 0 aromatic heterocycles. The molecule has 0 N–H and O–H groups in total. The predicted octanol–water partition coefficient (Wildman–Crippen LogP) is 3.49. The predicted molar refractivity (Wildman–Crippen MR) is 76.8 cm³/mol. The summed E-state index contributed by atoms with van der Waals surface area (Å²) in [5, 5.41) is 9.34. The molecule has 3 nitrogen and oxygen atoms in total. The lowest BCUT2D eigenvalue weighted by Gasteiger charge is -2.21. The average Bonchev–Trinajstić information content (AvgIpc) is 3.11. The van der Waals surface area contributed by atoms with Crippen molar-refractivity contribution >= 4 is 5.97 Å². The molecule has 0 spiro atoms. The van der Waals surface area contributed by atoms with Crippen LogP contribution in [0.1, 0.15) is 39.2 Å². The van der Waals surface area contributed by atoms with Gasteiger partial charge in [0.05, 0.1) is 6.07 Å². The molecule has 1 aliphatic rings. The monoisotopic (exact) mass is 271 g/mol. The van der Waals surface area contributed by atoms with Gasteiger partial charge in [0.1, 0.15) is 5.60 Å². The van der Waals surface area contributed by atoms with Crippen molar-refractivity contribution in [3.05, 3.63) is 35.9 Å². The van der Waals surface area contributed by atoms with Gasteiger partial charge in [-0.3, -0.25) is 4.79 Å². The molecule has 0 radical (unpaired) electrons. The normalized spacial score (nSPS) is 24.8. The maximum Gasteiger partial charge on any atom is 0.327 e. The second kappa shape index (κ2) is 5.28. The van der Waals surface area contributed by atoms with Gasteiger partial charge in [-0.2, -0.15) is 5.26 Å². The number of rotatable bonds is 4. The van der Waals surface area contributed by atoms with Gasteiger partial charge in [0.25, 0.3) is 0 Å². The van der Waals surface area contributed by atoms with E-state index in [9.17, 15) is 10.1 Å². The van der Waals surface area contributed by atoms with Crippen molar-refractivity contribution < 1.29 is 9.53 Å². The average molecular weight is 271 g/mol. The van der Waals surface area contributed by atoms with Crippen molar-refractivity contribution in [2.45, 2.75) is 45.6 Å². The summed E-state index contributed by atoms with van der Waals surface area (Å²) in [5.41, 5.74) is -0.189. The molecule has 0 unspecified atom stereocenters. The molecule has 2 atom stereocenters. The molecule has 1 aromatic carbocycles. The van der Waals surface area contributed by atoms with Gasteiger partial charge < -0.3 is 4.74 Å². The Kier molecular flexibility index (Phi) is 3.85. The number of aryl methyl sites for hydroxylation is 1. The molecule has 106 valence electrons. The number of carbonyl (C=O) groups excluding carboxylic acids is 1. The van der Waals surface area contributed by atoms with Crippen molar-refractivity contribution in [2.24, 2.45) is 11.3 Å². The molecule has 1 fully saturated rings. The summed E-state index contributed by atoms with van der Waals surface area (Å²) in [6, 6.07) is 12.3. The van der Waals surface area contributed by atoms with Gasteiger partial charge in [0.15, 0.2) is 5.41 Å². The van der Waals surface area contributed by atoms with E-state index in [1.54, 1.807) is 0 Å². The highest BCUT2D eigenvalue weighted by Crippen LogP contribution is 2.55. The number of esters is 1. The molecule has 0 saturated heterocycles. The molecule has 1 aromatic rings. The zero-order valence-corrected chi connectivity index (χ0v) is 12.3. The standard InChI is InChI=1S/C17H21NO2/c1-16(2,3)20-15(19)17(12-18)11-14(17)10-9-13-7-5-4-6-8-13/h4-8,14H,9-11H2,1-3H3/t14-,17-/m0/s1. The van der Waals surface area contributed by atoms with E-state index < -0.39 is 11.0 Å². The third-order valence-electron chi connectivity index (χ3n) is 3.69. The summed E-state index contributed by atoms with van der Waals surface area (Å²) in [5.74, 6) is -0.229. The van der Waals surface area contributed by atoms with Gasteiger partial charge in [-0.25, -0.2) is 0 Å². The maximum absolute atomic E-state index is 12.2. The zero-order chi connectivity index (χ0) is 14.8. The van der Waals surface area contributed by atoms with Crippen LogP contribution in [0.15, 0.2) is 30.3 Å².